The van der Waals surface area contributed by atoms with Gasteiger partial charge in [0, 0.05) is 36.1 Å². The summed E-state index contributed by atoms with van der Waals surface area (Å²) in [6.07, 6.45) is 5.07. The van der Waals surface area contributed by atoms with Crippen LogP contribution in [0.4, 0.5) is 0 Å². The molecule has 1 saturated carbocycles. The average Bonchev–Trinajstić information content (AvgIpc) is 3.30. The molecule has 8 nitrogen and oxygen atoms in total. The zero-order chi connectivity index (χ0) is 22.7. The summed E-state index contributed by atoms with van der Waals surface area (Å²) in [4.78, 5) is 21.6. The second kappa shape index (κ2) is 9.54. The molecule has 0 unspecified atom stereocenters. The van der Waals surface area contributed by atoms with E-state index >= 15 is 0 Å². The van der Waals surface area contributed by atoms with Gasteiger partial charge in [-0.3, -0.25) is 4.79 Å². The van der Waals surface area contributed by atoms with Gasteiger partial charge in [0.25, 0.3) is 5.91 Å². The Hall–Kier alpha value is -2.52. The zero-order valence-electron chi connectivity index (χ0n) is 18.6. The largest absolute Gasteiger partial charge is 0.460 e. The van der Waals surface area contributed by atoms with Crippen LogP contribution in [0.15, 0.2) is 35.2 Å². The Balaban J connectivity index is 1.29. The van der Waals surface area contributed by atoms with Gasteiger partial charge in [-0.1, -0.05) is 0 Å². The molecule has 0 atom stereocenters. The first-order valence-electron chi connectivity index (χ1n) is 11.2. The predicted molar refractivity (Wildman–Crippen MR) is 120 cm³/mol. The van der Waals surface area contributed by atoms with Crippen molar-refractivity contribution in [1.29, 1.82) is 0 Å². The molecular formula is C23H30N4O4S. The maximum Gasteiger partial charge on any atom is 0.317 e. The van der Waals surface area contributed by atoms with E-state index in [9.17, 15) is 13.2 Å². The van der Waals surface area contributed by atoms with Crippen LogP contribution in [0.5, 0.6) is 6.01 Å². The highest BCUT2D eigenvalue weighted by atomic mass is 32.2. The highest BCUT2D eigenvalue weighted by Gasteiger charge is 2.28. The van der Waals surface area contributed by atoms with Crippen LogP contribution in [-0.4, -0.2) is 53.8 Å². The minimum absolute atomic E-state index is 0.0411. The first-order chi connectivity index (χ1) is 15.3. The molecule has 4 rings (SSSR count). The molecule has 1 aromatic carbocycles. The Morgan fingerprint density at radius 1 is 1.00 bits per heavy atom. The molecule has 0 bridgehead atoms. The Morgan fingerprint density at radius 2 is 1.59 bits per heavy atom. The number of aryl methyl sites for hydroxylation is 2. The molecule has 1 aliphatic carbocycles. The molecule has 2 heterocycles. The summed E-state index contributed by atoms with van der Waals surface area (Å²) in [5.74, 6) is -0.183. The first-order valence-corrected chi connectivity index (χ1v) is 12.7. The average molecular weight is 459 g/mol. The second-order valence-electron chi connectivity index (χ2n) is 8.63. The Labute approximate surface area is 189 Å². The number of carbonyl (C=O) groups excluding carboxylic acids is 1. The maximum absolute atomic E-state index is 12.7. The van der Waals surface area contributed by atoms with Crippen LogP contribution >= 0.6 is 0 Å². The van der Waals surface area contributed by atoms with E-state index in [1.54, 1.807) is 12.1 Å². The molecule has 9 heteroatoms. The van der Waals surface area contributed by atoms with Crippen molar-refractivity contribution < 1.29 is 17.9 Å². The van der Waals surface area contributed by atoms with Crippen LogP contribution in [0.2, 0.25) is 0 Å². The molecule has 32 heavy (non-hydrogen) atoms. The molecule has 1 N–H and O–H groups in total. The lowest BCUT2D eigenvalue weighted by molar-refractivity contribution is 0.0884. The third-order valence-corrected chi connectivity index (χ3v) is 7.98. The minimum atomic E-state index is -3.47. The van der Waals surface area contributed by atoms with Crippen molar-refractivity contribution in [2.75, 3.05) is 13.1 Å². The smallest absolute Gasteiger partial charge is 0.317 e. The molecule has 1 amide bonds. The SMILES string of the molecule is Cc1cc(C)nc(OC2CCC(NC(=O)c3ccc(S(=O)(=O)N4CCCC4)cc3)CC2)n1. The van der Waals surface area contributed by atoms with Gasteiger partial charge in [-0.25, -0.2) is 18.4 Å². The van der Waals surface area contributed by atoms with Gasteiger partial charge in [0.1, 0.15) is 6.10 Å². The van der Waals surface area contributed by atoms with Crippen LogP contribution in [0.3, 0.4) is 0 Å². The van der Waals surface area contributed by atoms with Crippen LogP contribution in [0.1, 0.15) is 60.3 Å². The maximum atomic E-state index is 12.7. The van der Waals surface area contributed by atoms with Gasteiger partial charge in [-0.15, -0.1) is 0 Å². The monoisotopic (exact) mass is 458 g/mol. The standard InChI is InChI=1S/C23H30N4O4S/c1-16-15-17(2)25-23(24-16)31-20-9-7-19(8-10-20)26-22(28)18-5-11-21(12-6-18)32(29,30)27-13-3-4-14-27/h5-6,11-12,15,19-20H,3-4,7-10,13-14H2,1-2H3,(H,26,28). The molecular weight excluding hydrogens is 428 g/mol. The summed E-state index contributed by atoms with van der Waals surface area (Å²) < 4.78 is 32.7. The van der Waals surface area contributed by atoms with Gasteiger partial charge >= 0.3 is 6.01 Å². The van der Waals surface area contributed by atoms with E-state index in [4.69, 9.17) is 4.74 Å². The van der Waals surface area contributed by atoms with Crippen molar-refractivity contribution in [1.82, 2.24) is 19.6 Å². The van der Waals surface area contributed by atoms with Gasteiger partial charge in [-0.05, 0) is 82.7 Å². The van der Waals surface area contributed by atoms with Crippen molar-refractivity contribution in [3.05, 3.63) is 47.3 Å². The topological polar surface area (TPSA) is 101 Å². The molecule has 2 aliphatic rings. The molecule has 172 valence electrons. The lowest BCUT2D eigenvalue weighted by atomic mass is 9.92. The third kappa shape index (κ3) is 5.27. The molecule has 0 radical (unpaired) electrons. The number of amides is 1. The van der Waals surface area contributed by atoms with Crippen LogP contribution < -0.4 is 10.1 Å². The number of ether oxygens (including phenoxy) is 1. The lowest BCUT2D eigenvalue weighted by Gasteiger charge is -2.29. The van der Waals surface area contributed by atoms with E-state index in [-0.39, 0.29) is 22.9 Å². The number of aromatic nitrogens is 2. The number of hydrogen-bond donors (Lipinski definition) is 1. The van der Waals surface area contributed by atoms with E-state index in [0.717, 1.165) is 49.9 Å². The fraction of sp³-hybridized carbons (Fsp3) is 0.522. The lowest BCUT2D eigenvalue weighted by Crippen LogP contribution is -2.39. The molecule has 1 aliphatic heterocycles. The van der Waals surface area contributed by atoms with E-state index in [0.29, 0.717) is 24.7 Å². The van der Waals surface area contributed by atoms with Gasteiger partial charge in [0.2, 0.25) is 10.0 Å². The number of nitrogens with zero attached hydrogens (tertiary/aromatic N) is 3. The number of hydrogen-bond acceptors (Lipinski definition) is 6. The summed E-state index contributed by atoms with van der Waals surface area (Å²) in [7, 11) is -3.47. The Bertz CT molecular complexity index is 1040. The third-order valence-electron chi connectivity index (χ3n) is 6.06. The highest BCUT2D eigenvalue weighted by molar-refractivity contribution is 7.89. The summed E-state index contributed by atoms with van der Waals surface area (Å²) >= 11 is 0. The summed E-state index contributed by atoms with van der Waals surface area (Å²) in [5.41, 5.74) is 2.23. The van der Waals surface area contributed by atoms with Gasteiger partial charge in [0.15, 0.2) is 0 Å². The number of benzene rings is 1. The Kier molecular flexibility index (Phi) is 6.76. The predicted octanol–water partition coefficient (Wildman–Crippen LogP) is 3.00. The van der Waals surface area contributed by atoms with Crippen molar-refractivity contribution in [3.63, 3.8) is 0 Å². The van der Waals surface area contributed by atoms with E-state index in [1.807, 2.05) is 19.9 Å². The van der Waals surface area contributed by atoms with Crippen LogP contribution in [0.25, 0.3) is 0 Å². The van der Waals surface area contributed by atoms with Crippen molar-refractivity contribution in [2.45, 2.75) is 69.4 Å². The molecule has 2 aromatic rings. The fourth-order valence-corrected chi connectivity index (χ4v) is 5.86. The van der Waals surface area contributed by atoms with Crippen molar-refractivity contribution in [2.24, 2.45) is 0 Å². The molecule has 1 saturated heterocycles. The minimum Gasteiger partial charge on any atom is -0.460 e. The fourth-order valence-electron chi connectivity index (χ4n) is 4.34. The first kappa shape index (κ1) is 22.7. The van der Waals surface area contributed by atoms with Crippen LogP contribution in [-0.2, 0) is 10.0 Å². The van der Waals surface area contributed by atoms with E-state index in [2.05, 4.69) is 15.3 Å². The summed E-state index contributed by atoms with van der Waals surface area (Å²) in [6.45, 7) is 4.96. The summed E-state index contributed by atoms with van der Waals surface area (Å²) in [5, 5.41) is 3.07. The van der Waals surface area contributed by atoms with Gasteiger partial charge < -0.3 is 10.1 Å². The van der Waals surface area contributed by atoms with Crippen LogP contribution in [0, 0.1) is 13.8 Å². The number of rotatable bonds is 6. The highest BCUT2D eigenvalue weighted by Crippen LogP contribution is 2.24. The van der Waals surface area contributed by atoms with E-state index in [1.165, 1.54) is 16.4 Å². The number of nitrogens with one attached hydrogen (secondary N) is 1. The van der Waals surface area contributed by atoms with Crippen molar-refractivity contribution >= 4 is 15.9 Å². The van der Waals surface area contributed by atoms with Gasteiger partial charge in [-0.2, -0.15) is 4.31 Å². The second-order valence-corrected chi connectivity index (χ2v) is 10.6. The summed E-state index contributed by atoms with van der Waals surface area (Å²) in [6, 6.07) is 8.62. The normalized spacial score (nSPS) is 21.9. The van der Waals surface area contributed by atoms with E-state index < -0.39 is 10.0 Å². The molecule has 1 aromatic heterocycles. The van der Waals surface area contributed by atoms with Crippen molar-refractivity contribution in [3.8, 4) is 6.01 Å². The zero-order valence-corrected chi connectivity index (χ0v) is 19.4. The number of carbonyl (C=O) groups is 1. The quantitative estimate of drug-likeness (QED) is 0.714. The van der Waals surface area contributed by atoms with Gasteiger partial charge in [0.05, 0.1) is 4.90 Å². The molecule has 2 fully saturated rings. The Morgan fingerprint density at radius 3 is 2.19 bits per heavy atom. The molecule has 0 spiro atoms. The number of sulfonamides is 1.